The van der Waals surface area contributed by atoms with Crippen molar-refractivity contribution in [2.24, 2.45) is 4.99 Å². The standard InChI is InChI=1S/C16H27N3O2S/c1-17-16(18-10-4-5-13-22-3)19-11-12-21-15-8-6-14(20-2)7-9-15/h6-9H,4-5,10-13H2,1-3H3,(H2,17,18,19). The molecule has 0 atom stereocenters. The number of hydrogen-bond acceptors (Lipinski definition) is 4. The number of thioether (sulfide) groups is 1. The maximum absolute atomic E-state index is 5.65. The molecule has 0 spiro atoms. The third-order valence-corrected chi connectivity index (χ3v) is 3.71. The summed E-state index contributed by atoms with van der Waals surface area (Å²) in [7, 11) is 3.43. The number of hydrogen-bond donors (Lipinski definition) is 2. The summed E-state index contributed by atoms with van der Waals surface area (Å²) in [5.41, 5.74) is 0. The van der Waals surface area contributed by atoms with Gasteiger partial charge >= 0.3 is 0 Å². The minimum absolute atomic E-state index is 0.583. The molecule has 0 heterocycles. The number of aliphatic imine (C=N–C) groups is 1. The van der Waals surface area contributed by atoms with Crippen LogP contribution in [-0.4, -0.2) is 51.8 Å². The van der Waals surface area contributed by atoms with Crippen LogP contribution in [-0.2, 0) is 0 Å². The molecule has 0 saturated heterocycles. The first kappa shape index (κ1) is 18.5. The smallest absolute Gasteiger partial charge is 0.191 e. The third-order valence-electron chi connectivity index (χ3n) is 3.01. The van der Waals surface area contributed by atoms with Crippen molar-refractivity contribution in [3.63, 3.8) is 0 Å². The van der Waals surface area contributed by atoms with Crippen LogP contribution in [0.2, 0.25) is 0 Å². The largest absolute Gasteiger partial charge is 0.497 e. The molecular formula is C16H27N3O2S. The van der Waals surface area contributed by atoms with Crippen molar-refractivity contribution >= 4 is 17.7 Å². The highest BCUT2D eigenvalue weighted by atomic mass is 32.2. The summed E-state index contributed by atoms with van der Waals surface area (Å²) in [6, 6.07) is 7.57. The van der Waals surface area contributed by atoms with Crippen molar-refractivity contribution in [2.45, 2.75) is 12.8 Å². The van der Waals surface area contributed by atoms with E-state index in [4.69, 9.17) is 9.47 Å². The predicted molar refractivity (Wildman–Crippen MR) is 95.5 cm³/mol. The number of guanidine groups is 1. The molecule has 1 rings (SSSR count). The normalized spacial score (nSPS) is 11.1. The van der Waals surface area contributed by atoms with Crippen LogP contribution in [0.3, 0.4) is 0 Å². The van der Waals surface area contributed by atoms with E-state index in [1.54, 1.807) is 14.2 Å². The quantitative estimate of drug-likeness (QED) is 0.393. The molecule has 0 aliphatic carbocycles. The lowest BCUT2D eigenvalue weighted by Crippen LogP contribution is -2.39. The second-order valence-corrected chi connectivity index (χ2v) is 5.64. The van der Waals surface area contributed by atoms with Gasteiger partial charge in [-0.25, -0.2) is 0 Å². The topological polar surface area (TPSA) is 54.9 Å². The Labute approximate surface area is 137 Å². The summed E-state index contributed by atoms with van der Waals surface area (Å²) in [6.45, 7) is 2.23. The Balaban J connectivity index is 2.13. The van der Waals surface area contributed by atoms with E-state index in [-0.39, 0.29) is 0 Å². The van der Waals surface area contributed by atoms with E-state index in [2.05, 4.69) is 21.9 Å². The molecule has 0 amide bonds. The lowest BCUT2D eigenvalue weighted by atomic mass is 10.3. The third kappa shape index (κ3) is 8.02. The second-order valence-electron chi connectivity index (χ2n) is 4.65. The average Bonchev–Trinajstić information content (AvgIpc) is 2.57. The summed E-state index contributed by atoms with van der Waals surface area (Å²) >= 11 is 1.89. The number of nitrogens with one attached hydrogen (secondary N) is 2. The van der Waals surface area contributed by atoms with Crippen LogP contribution in [0.4, 0.5) is 0 Å². The Hall–Kier alpha value is -1.56. The van der Waals surface area contributed by atoms with E-state index in [1.807, 2.05) is 36.0 Å². The monoisotopic (exact) mass is 325 g/mol. The van der Waals surface area contributed by atoms with Crippen molar-refractivity contribution < 1.29 is 9.47 Å². The SMILES string of the molecule is CN=C(NCCCCSC)NCCOc1ccc(OC)cc1. The summed E-state index contributed by atoms with van der Waals surface area (Å²) in [4.78, 5) is 4.19. The number of ether oxygens (including phenoxy) is 2. The van der Waals surface area contributed by atoms with Gasteiger partial charge in [0, 0.05) is 13.6 Å². The van der Waals surface area contributed by atoms with Crippen molar-refractivity contribution in [1.29, 1.82) is 0 Å². The average molecular weight is 325 g/mol. The Bertz CT molecular complexity index is 424. The summed E-state index contributed by atoms with van der Waals surface area (Å²) < 4.78 is 10.8. The van der Waals surface area contributed by atoms with Crippen LogP contribution in [0, 0.1) is 0 Å². The molecule has 2 N–H and O–H groups in total. The van der Waals surface area contributed by atoms with Gasteiger partial charge in [0.15, 0.2) is 5.96 Å². The van der Waals surface area contributed by atoms with Crippen LogP contribution in [0.1, 0.15) is 12.8 Å². The first-order valence-electron chi connectivity index (χ1n) is 7.50. The molecular weight excluding hydrogens is 298 g/mol. The van der Waals surface area contributed by atoms with Crippen LogP contribution >= 0.6 is 11.8 Å². The van der Waals surface area contributed by atoms with Gasteiger partial charge in [-0.05, 0) is 49.1 Å². The second kappa shape index (κ2) is 12.0. The van der Waals surface area contributed by atoms with Gasteiger partial charge in [0.2, 0.25) is 0 Å². The lowest BCUT2D eigenvalue weighted by molar-refractivity contribution is 0.321. The molecule has 0 aliphatic heterocycles. The van der Waals surface area contributed by atoms with Gasteiger partial charge in [-0.3, -0.25) is 4.99 Å². The molecule has 0 saturated carbocycles. The van der Waals surface area contributed by atoms with Gasteiger partial charge in [0.05, 0.1) is 13.7 Å². The molecule has 124 valence electrons. The van der Waals surface area contributed by atoms with E-state index < -0.39 is 0 Å². The van der Waals surface area contributed by atoms with Crippen LogP contribution in [0.5, 0.6) is 11.5 Å². The molecule has 22 heavy (non-hydrogen) atoms. The number of methoxy groups -OCH3 is 1. The van der Waals surface area contributed by atoms with E-state index in [0.717, 1.165) is 30.4 Å². The predicted octanol–water partition coefficient (Wildman–Crippen LogP) is 2.38. The van der Waals surface area contributed by atoms with E-state index in [1.165, 1.54) is 12.2 Å². The molecule has 0 aliphatic rings. The minimum Gasteiger partial charge on any atom is -0.497 e. The summed E-state index contributed by atoms with van der Waals surface area (Å²) in [5, 5.41) is 6.54. The van der Waals surface area contributed by atoms with Gasteiger partial charge in [-0.1, -0.05) is 0 Å². The molecule has 6 heteroatoms. The molecule has 1 aromatic carbocycles. The molecule has 0 bridgehead atoms. The van der Waals surface area contributed by atoms with Crippen LogP contribution in [0.15, 0.2) is 29.3 Å². The Morgan fingerprint density at radius 1 is 1.09 bits per heavy atom. The zero-order chi connectivity index (χ0) is 16.0. The van der Waals surface area contributed by atoms with Crippen molar-refractivity contribution in [3.05, 3.63) is 24.3 Å². The van der Waals surface area contributed by atoms with Crippen molar-refractivity contribution in [2.75, 3.05) is 45.9 Å². The van der Waals surface area contributed by atoms with Crippen molar-refractivity contribution in [1.82, 2.24) is 10.6 Å². The first-order valence-corrected chi connectivity index (χ1v) is 8.90. The molecule has 0 radical (unpaired) electrons. The van der Waals surface area contributed by atoms with Crippen LogP contribution in [0.25, 0.3) is 0 Å². The minimum atomic E-state index is 0.583. The summed E-state index contributed by atoms with van der Waals surface area (Å²) in [5.74, 6) is 3.70. The molecule has 0 aromatic heterocycles. The fourth-order valence-electron chi connectivity index (χ4n) is 1.81. The zero-order valence-electron chi connectivity index (χ0n) is 13.7. The maximum atomic E-state index is 5.65. The Morgan fingerprint density at radius 2 is 1.77 bits per heavy atom. The zero-order valence-corrected chi connectivity index (χ0v) is 14.5. The molecule has 0 unspecified atom stereocenters. The maximum Gasteiger partial charge on any atom is 0.191 e. The van der Waals surface area contributed by atoms with E-state index >= 15 is 0 Å². The fraction of sp³-hybridized carbons (Fsp3) is 0.562. The van der Waals surface area contributed by atoms with Gasteiger partial charge in [-0.15, -0.1) is 0 Å². The lowest BCUT2D eigenvalue weighted by Gasteiger charge is -2.12. The first-order chi connectivity index (χ1) is 10.8. The summed E-state index contributed by atoms with van der Waals surface area (Å²) in [6.07, 6.45) is 4.52. The molecule has 0 fully saturated rings. The molecule has 1 aromatic rings. The van der Waals surface area contributed by atoms with E-state index in [0.29, 0.717) is 13.2 Å². The Morgan fingerprint density at radius 3 is 2.41 bits per heavy atom. The fourth-order valence-corrected chi connectivity index (χ4v) is 2.30. The molecule has 5 nitrogen and oxygen atoms in total. The van der Waals surface area contributed by atoms with E-state index in [9.17, 15) is 0 Å². The highest BCUT2D eigenvalue weighted by Crippen LogP contribution is 2.16. The Kier molecular flexibility index (Phi) is 10.1. The highest BCUT2D eigenvalue weighted by Gasteiger charge is 1.98. The van der Waals surface area contributed by atoms with Crippen molar-refractivity contribution in [3.8, 4) is 11.5 Å². The number of nitrogens with zero attached hydrogens (tertiary/aromatic N) is 1. The van der Waals surface area contributed by atoms with Crippen LogP contribution < -0.4 is 20.1 Å². The van der Waals surface area contributed by atoms with Gasteiger partial charge in [0.25, 0.3) is 0 Å². The van der Waals surface area contributed by atoms with Gasteiger partial charge < -0.3 is 20.1 Å². The number of benzene rings is 1. The number of unbranched alkanes of at least 4 members (excludes halogenated alkanes) is 1. The highest BCUT2D eigenvalue weighted by molar-refractivity contribution is 7.98. The van der Waals surface area contributed by atoms with Gasteiger partial charge in [0.1, 0.15) is 18.1 Å². The number of rotatable bonds is 10. The van der Waals surface area contributed by atoms with Gasteiger partial charge in [-0.2, -0.15) is 11.8 Å².